The molecule has 5 nitrogen and oxygen atoms in total. The number of hydrogen-bond acceptors (Lipinski definition) is 5. The third kappa shape index (κ3) is 3.96. The van der Waals surface area contributed by atoms with E-state index in [-0.39, 0.29) is 11.0 Å². The summed E-state index contributed by atoms with van der Waals surface area (Å²) in [6.45, 7) is 3.99. The van der Waals surface area contributed by atoms with Gasteiger partial charge in [-0.05, 0) is 31.0 Å². The van der Waals surface area contributed by atoms with E-state index in [0.29, 0.717) is 5.16 Å². The maximum Gasteiger partial charge on any atom is 0.196 e. The van der Waals surface area contributed by atoms with E-state index in [9.17, 15) is 4.79 Å². The number of carbonyl (C=O) groups is 1. The molecule has 1 atom stereocenters. The van der Waals surface area contributed by atoms with Gasteiger partial charge in [-0.1, -0.05) is 49.0 Å². The summed E-state index contributed by atoms with van der Waals surface area (Å²) in [4.78, 5) is 12.7. The van der Waals surface area contributed by atoms with Crippen LogP contribution in [0.2, 0.25) is 0 Å². The fraction of sp³-hybridized carbons (Fsp3) is 0.250. The zero-order valence-corrected chi connectivity index (χ0v) is 15.9. The van der Waals surface area contributed by atoms with Crippen LogP contribution < -0.4 is 4.74 Å². The molecule has 26 heavy (non-hydrogen) atoms. The van der Waals surface area contributed by atoms with Crippen molar-refractivity contribution in [3.8, 4) is 11.4 Å². The van der Waals surface area contributed by atoms with E-state index in [0.717, 1.165) is 23.4 Å². The van der Waals surface area contributed by atoms with Gasteiger partial charge in [0.2, 0.25) is 0 Å². The smallest absolute Gasteiger partial charge is 0.196 e. The van der Waals surface area contributed by atoms with Gasteiger partial charge in [0.1, 0.15) is 12.1 Å². The number of ether oxygens (including phenoxy) is 1. The van der Waals surface area contributed by atoms with Gasteiger partial charge in [0.25, 0.3) is 0 Å². The SMILES string of the molecule is CCc1ccc(C(=O)C(C)Sc2nncn2-c2cccc(OC)c2)cc1. The number of ketones is 1. The lowest BCUT2D eigenvalue weighted by Gasteiger charge is -2.12. The van der Waals surface area contributed by atoms with Crippen molar-refractivity contribution < 1.29 is 9.53 Å². The molecule has 2 aromatic carbocycles. The highest BCUT2D eigenvalue weighted by atomic mass is 32.2. The highest BCUT2D eigenvalue weighted by molar-refractivity contribution is 8.00. The molecular weight excluding hydrogens is 346 g/mol. The second-order valence-corrected chi connectivity index (χ2v) is 7.17. The molecule has 6 heteroatoms. The standard InChI is InChI=1S/C20H21N3O2S/c1-4-15-8-10-16(11-9-15)19(24)14(2)26-20-22-21-13-23(20)17-6-5-7-18(12-17)25-3/h5-14H,4H2,1-3H3. The Hall–Kier alpha value is -2.60. The predicted octanol–water partition coefficient (Wildman–Crippen LogP) is 4.20. The number of benzene rings is 2. The minimum atomic E-state index is -0.268. The fourth-order valence-electron chi connectivity index (χ4n) is 2.59. The molecule has 0 spiro atoms. The Balaban J connectivity index is 1.78. The van der Waals surface area contributed by atoms with Crippen molar-refractivity contribution >= 4 is 17.5 Å². The molecule has 0 aliphatic carbocycles. The molecule has 0 saturated heterocycles. The third-order valence-electron chi connectivity index (χ3n) is 4.15. The van der Waals surface area contributed by atoms with E-state index in [4.69, 9.17) is 4.74 Å². The van der Waals surface area contributed by atoms with Crippen LogP contribution in [-0.4, -0.2) is 32.9 Å². The zero-order valence-electron chi connectivity index (χ0n) is 15.0. The first-order chi connectivity index (χ1) is 12.6. The number of methoxy groups -OCH3 is 1. The van der Waals surface area contributed by atoms with Gasteiger partial charge >= 0.3 is 0 Å². The Bertz CT molecular complexity index is 890. The summed E-state index contributed by atoms with van der Waals surface area (Å²) in [5.74, 6) is 0.838. The van der Waals surface area contributed by atoms with Crippen LogP contribution in [0.4, 0.5) is 0 Å². The van der Waals surface area contributed by atoms with Gasteiger partial charge in [-0.25, -0.2) is 0 Å². The molecule has 0 aliphatic rings. The van der Waals surface area contributed by atoms with E-state index < -0.39 is 0 Å². The molecule has 0 fully saturated rings. The first-order valence-corrected chi connectivity index (χ1v) is 9.34. The molecule has 1 aromatic heterocycles. The lowest BCUT2D eigenvalue weighted by atomic mass is 10.1. The number of nitrogens with zero attached hydrogens (tertiary/aromatic N) is 3. The Labute approximate surface area is 157 Å². The maximum absolute atomic E-state index is 12.7. The van der Waals surface area contributed by atoms with Crippen LogP contribution >= 0.6 is 11.8 Å². The minimum absolute atomic E-state index is 0.0813. The first kappa shape index (κ1) is 18.2. The number of aryl methyl sites for hydroxylation is 1. The van der Waals surface area contributed by atoms with Gasteiger partial charge in [-0.2, -0.15) is 0 Å². The van der Waals surface area contributed by atoms with Gasteiger partial charge in [-0.15, -0.1) is 10.2 Å². The third-order valence-corrected chi connectivity index (χ3v) is 5.20. The number of rotatable bonds is 7. The molecule has 0 N–H and O–H groups in total. The van der Waals surface area contributed by atoms with Crippen molar-refractivity contribution in [2.24, 2.45) is 0 Å². The average Bonchev–Trinajstić information content (AvgIpc) is 3.15. The van der Waals surface area contributed by atoms with Crippen LogP contribution in [0.25, 0.3) is 5.69 Å². The normalized spacial score (nSPS) is 12.0. The van der Waals surface area contributed by atoms with Crippen LogP contribution in [0.3, 0.4) is 0 Å². The molecule has 0 bridgehead atoms. The molecule has 0 amide bonds. The highest BCUT2D eigenvalue weighted by Crippen LogP contribution is 2.27. The summed E-state index contributed by atoms with van der Waals surface area (Å²) < 4.78 is 7.13. The van der Waals surface area contributed by atoms with Crippen molar-refractivity contribution in [1.82, 2.24) is 14.8 Å². The van der Waals surface area contributed by atoms with Gasteiger partial charge < -0.3 is 4.74 Å². The molecular formula is C20H21N3O2S. The summed E-state index contributed by atoms with van der Waals surface area (Å²) in [6, 6.07) is 15.4. The minimum Gasteiger partial charge on any atom is -0.497 e. The fourth-order valence-corrected chi connectivity index (χ4v) is 3.51. The molecule has 0 aliphatic heterocycles. The number of carbonyl (C=O) groups excluding carboxylic acids is 1. The van der Waals surface area contributed by atoms with Crippen LogP contribution in [-0.2, 0) is 6.42 Å². The predicted molar refractivity (Wildman–Crippen MR) is 103 cm³/mol. The van der Waals surface area contributed by atoms with Crippen molar-refractivity contribution in [3.63, 3.8) is 0 Å². The Morgan fingerprint density at radius 3 is 2.69 bits per heavy atom. The number of hydrogen-bond donors (Lipinski definition) is 0. The number of Topliss-reactive ketones (excluding diaryl/α,β-unsaturated/α-hetero) is 1. The van der Waals surface area contributed by atoms with Crippen LogP contribution in [0, 0.1) is 0 Å². The molecule has 3 aromatic rings. The summed E-state index contributed by atoms with van der Waals surface area (Å²) in [5, 5.41) is 8.58. The maximum atomic E-state index is 12.7. The number of aromatic nitrogens is 3. The average molecular weight is 367 g/mol. The van der Waals surface area contributed by atoms with Gasteiger partial charge in [0.05, 0.1) is 18.0 Å². The van der Waals surface area contributed by atoms with Crippen molar-refractivity contribution in [2.75, 3.05) is 7.11 Å². The molecule has 1 heterocycles. The lowest BCUT2D eigenvalue weighted by Crippen LogP contribution is -2.14. The summed E-state index contributed by atoms with van der Waals surface area (Å²) >= 11 is 1.40. The monoisotopic (exact) mass is 367 g/mol. The molecule has 0 saturated carbocycles. The molecule has 1 unspecified atom stereocenters. The zero-order chi connectivity index (χ0) is 18.5. The van der Waals surface area contributed by atoms with E-state index in [1.165, 1.54) is 17.3 Å². The van der Waals surface area contributed by atoms with Crippen LogP contribution in [0.1, 0.15) is 29.8 Å². The molecule has 3 rings (SSSR count). The summed E-state index contributed by atoms with van der Waals surface area (Å²) in [5.41, 5.74) is 2.83. The number of thioether (sulfide) groups is 1. The molecule has 134 valence electrons. The highest BCUT2D eigenvalue weighted by Gasteiger charge is 2.20. The summed E-state index contributed by atoms with van der Waals surface area (Å²) in [7, 11) is 1.63. The quantitative estimate of drug-likeness (QED) is 0.463. The second-order valence-electron chi connectivity index (χ2n) is 5.86. The van der Waals surface area contributed by atoms with Crippen LogP contribution in [0.5, 0.6) is 5.75 Å². The molecule has 0 radical (unpaired) electrons. The Kier molecular flexibility index (Phi) is 5.73. The van der Waals surface area contributed by atoms with Crippen LogP contribution in [0.15, 0.2) is 60.0 Å². The Morgan fingerprint density at radius 2 is 2.00 bits per heavy atom. The van der Waals surface area contributed by atoms with Gasteiger partial charge in [-0.3, -0.25) is 9.36 Å². The van der Waals surface area contributed by atoms with Crippen molar-refractivity contribution in [1.29, 1.82) is 0 Å². The summed E-state index contributed by atoms with van der Waals surface area (Å²) in [6.07, 6.45) is 2.60. The Morgan fingerprint density at radius 1 is 1.23 bits per heavy atom. The lowest BCUT2D eigenvalue weighted by molar-refractivity contribution is 0.0994. The van der Waals surface area contributed by atoms with Crippen molar-refractivity contribution in [3.05, 3.63) is 66.0 Å². The van der Waals surface area contributed by atoms with E-state index in [2.05, 4.69) is 17.1 Å². The van der Waals surface area contributed by atoms with Crippen molar-refractivity contribution in [2.45, 2.75) is 30.7 Å². The van der Waals surface area contributed by atoms with E-state index >= 15 is 0 Å². The largest absolute Gasteiger partial charge is 0.497 e. The second kappa shape index (κ2) is 8.19. The van der Waals surface area contributed by atoms with E-state index in [1.807, 2.05) is 60.0 Å². The first-order valence-electron chi connectivity index (χ1n) is 8.46. The topological polar surface area (TPSA) is 57.0 Å². The van der Waals surface area contributed by atoms with Gasteiger partial charge in [0.15, 0.2) is 10.9 Å². The van der Waals surface area contributed by atoms with E-state index in [1.54, 1.807) is 13.4 Å². The van der Waals surface area contributed by atoms with Gasteiger partial charge in [0, 0.05) is 11.6 Å².